The number of aliphatic carboxylic acids is 2. The van der Waals surface area contributed by atoms with Gasteiger partial charge in [-0.2, -0.15) is 0 Å². The topological polar surface area (TPSA) is 179 Å². The van der Waals surface area contributed by atoms with Gasteiger partial charge in [-0.3, -0.25) is 14.5 Å². The molecule has 0 saturated carbocycles. The van der Waals surface area contributed by atoms with Crippen LogP contribution in [-0.2, 0) is 25.4 Å². The first kappa shape index (κ1) is 25.9. The van der Waals surface area contributed by atoms with Gasteiger partial charge in [-0.25, -0.2) is 9.59 Å². The number of benzene rings is 1. The van der Waals surface area contributed by atoms with E-state index < -0.39 is 58.3 Å². The molecule has 2 unspecified atom stereocenters. The number of carbonyl (C=O) groups excluding carboxylic acids is 2. The van der Waals surface area contributed by atoms with E-state index in [0.717, 1.165) is 4.90 Å². The number of rotatable bonds is 10. The molecule has 0 spiro atoms. The Morgan fingerprint density at radius 1 is 1.28 bits per heavy atom. The highest BCUT2D eigenvalue weighted by atomic mass is 32.2. The fourth-order valence-electron chi connectivity index (χ4n) is 3.60. The van der Waals surface area contributed by atoms with E-state index >= 15 is 0 Å². The maximum Gasteiger partial charge on any atom is 0.456 e. The molecule has 2 aliphatic heterocycles. The number of aliphatic hydroxyl groups excluding tert-OH is 1. The molecule has 36 heavy (non-hydrogen) atoms. The number of nitrogens with one attached hydrogen (secondary N) is 1. The molecule has 4 rings (SSSR count). The van der Waals surface area contributed by atoms with Crippen molar-refractivity contribution in [3.8, 4) is 5.19 Å². The summed E-state index contributed by atoms with van der Waals surface area (Å²) in [6, 6.07) is 7.33. The van der Waals surface area contributed by atoms with Crippen LogP contribution < -0.4 is 10.1 Å². The van der Waals surface area contributed by atoms with Crippen molar-refractivity contribution >= 4 is 57.7 Å². The molecular weight excluding hydrogens is 532 g/mol. The molecule has 1 aromatic carbocycles. The predicted molar refractivity (Wildman–Crippen MR) is 130 cm³/mol. The zero-order valence-electron chi connectivity index (χ0n) is 18.7. The van der Waals surface area contributed by atoms with Crippen molar-refractivity contribution < 1.29 is 39.2 Å². The molecular formula is C21H21N4O8S3+. The van der Waals surface area contributed by atoms with E-state index in [1.807, 2.05) is 0 Å². The first-order valence-corrected chi connectivity index (χ1v) is 14.1. The van der Waals surface area contributed by atoms with Gasteiger partial charge >= 0.3 is 21.5 Å². The fraction of sp³-hybridized carbons (Fsp3) is 0.333. The van der Waals surface area contributed by atoms with Gasteiger partial charge in [-0.15, -0.1) is 11.8 Å². The van der Waals surface area contributed by atoms with Crippen molar-refractivity contribution in [2.45, 2.75) is 21.9 Å². The minimum absolute atomic E-state index is 0.136. The second-order valence-electron chi connectivity index (χ2n) is 7.68. The third-order valence-electron chi connectivity index (χ3n) is 5.34. The number of amides is 2. The molecule has 2 aliphatic rings. The zero-order valence-corrected chi connectivity index (χ0v) is 21.1. The largest absolute Gasteiger partial charge is 0.479 e. The number of aromatic nitrogens is 2. The number of hydrogen-bond donors (Lipinski definition) is 4. The molecule has 1 fully saturated rings. The van der Waals surface area contributed by atoms with Crippen LogP contribution in [0.3, 0.4) is 0 Å². The molecule has 12 nitrogen and oxygen atoms in total. The van der Waals surface area contributed by atoms with E-state index in [4.69, 9.17) is 9.84 Å². The van der Waals surface area contributed by atoms with Crippen LogP contribution in [0.4, 0.5) is 0 Å². The SMILES string of the molecule is C[s+]1c(OCC(=O)O)nnc1SCC1=C(C(=O)O)N2C(=O)C(NC(=O)[C@H](O)c3ccccc3)[C@H]2SC1. The molecule has 2 amide bonds. The van der Waals surface area contributed by atoms with Gasteiger partial charge in [0.2, 0.25) is 0 Å². The molecule has 4 atom stereocenters. The van der Waals surface area contributed by atoms with Crippen molar-refractivity contribution in [2.24, 2.45) is 6.26 Å². The van der Waals surface area contributed by atoms with E-state index in [0.29, 0.717) is 21.2 Å². The smallest absolute Gasteiger partial charge is 0.456 e. The quantitative estimate of drug-likeness (QED) is 0.185. The first-order valence-electron chi connectivity index (χ1n) is 10.4. The zero-order chi connectivity index (χ0) is 26.0. The number of fused-ring (bicyclic) bond motifs is 1. The van der Waals surface area contributed by atoms with Crippen molar-refractivity contribution in [3.05, 3.63) is 47.2 Å². The summed E-state index contributed by atoms with van der Waals surface area (Å²) in [4.78, 5) is 49.3. The van der Waals surface area contributed by atoms with Gasteiger partial charge in [0.15, 0.2) is 12.7 Å². The molecule has 15 heteroatoms. The Balaban J connectivity index is 1.43. The van der Waals surface area contributed by atoms with E-state index in [-0.39, 0.29) is 16.6 Å². The summed E-state index contributed by atoms with van der Waals surface area (Å²) in [6.07, 6.45) is 0.318. The Kier molecular flexibility index (Phi) is 7.82. The number of carboxylic acids is 2. The molecule has 1 aromatic heterocycles. The average molecular weight is 554 g/mol. The van der Waals surface area contributed by atoms with Crippen molar-refractivity contribution in [2.75, 3.05) is 18.1 Å². The molecule has 1 saturated heterocycles. The summed E-state index contributed by atoms with van der Waals surface area (Å²) in [7, 11) is -0.684. The van der Waals surface area contributed by atoms with Crippen LogP contribution >= 0.6 is 34.0 Å². The third-order valence-corrected chi connectivity index (χ3v) is 9.93. The van der Waals surface area contributed by atoms with Gasteiger partial charge in [-0.05, 0) is 22.9 Å². The number of carbonyl (C=O) groups is 4. The van der Waals surface area contributed by atoms with Crippen LogP contribution in [0.5, 0.6) is 5.19 Å². The van der Waals surface area contributed by atoms with Crippen molar-refractivity contribution in [1.29, 1.82) is 0 Å². The van der Waals surface area contributed by atoms with Crippen LogP contribution in [0.25, 0.3) is 0 Å². The van der Waals surface area contributed by atoms with Gasteiger partial charge in [0.1, 0.15) is 23.4 Å². The number of ether oxygens (including phenoxy) is 1. The lowest BCUT2D eigenvalue weighted by atomic mass is 10.0. The average Bonchev–Trinajstić information content (AvgIpc) is 3.22. The molecule has 190 valence electrons. The highest BCUT2D eigenvalue weighted by Gasteiger charge is 2.54. The van der Waals surface area contributed by atoms with Crippen molar-refractivity contribution in [1.82, 2.24) is 20.4 Å². The minimum atomic E-state index is -1.45. The van der Waals surface area contributed by atoms with E-state index in [2.05, 4.69) is 15.5 Å². The molecule has 0 bridgehead atoms. The Labute approximate surface area is 215 Å². The second kappa shape index (κ2) is 10.9. The maximum absolute atomic E-state index is 12.8. The van der Waals surface area contributed by atoms with Gasteiger partial charge < -0.3 is 25.4 Å². The van der Waals surface area contributed by atoms with Crippen LogP contribution in [0.2, 0.25) is 0 Å². The summed E-state index contributed by atoms with van der Waals surface area (Å²) >= 11 is 2.56. The molecule has 0 radical (unpaired) electrons. The van der Waals surface area contributed by atoms with Crippen LogP contribution in [0, 0.1) is 0 Å². The van der Waals surface area contributed by atoms with Crippen LogP contribution in [0.15, 0.2) is 45.9 Å². The highest BCUT2D eigenvalue weighted by molar-refractivity contribution is 8.02. The monoisotopic (exact) mass is 553 g/mol. The van der Waals surface area contributed by atoms with Gasteiger partial charge in [0.05, 0.1) is 10.5 Å². The maximum atomic E-state index is 12.8. The first-order chi connectivity index (χ1) is 17.2. The van der Waals surface area contributed by atoms with Gasteiger partial charge in [0, 0.05) is 11.5 Å². The number of thioether (sulfide) groups is 2. The Morgan fingerprint density at radius 2 is 2.00 bits per heavy atom. The van der Waals surface area contributed by atoms with Crippen molar-refractivity contribution in [3.63, 3.8) is 0 Å². The lowest BCUT2D eigenvalue weighted by Crippen LogP contribution is -2.70. The van der Waals surface area contributed by atoms with E-state index in [1.54, 1.807) is 36.6 Å². The third kappa shape index (κ3) is 5.18. The number of nitrogens with zero attached hydrogens (tertiary/aromatic N) is 3. The Bertz CT molecular complexity index is 1240. The molecule has 0 aliphatic carbocycles. The Morgan fingerprint density at radius 3 is 2.67 bits per heavy atom. The highest BCUT2D eigenvalue weighted by Crippen LogP contribution is 2.43. The summed E-state index contributed by atoms with van der Waals surface area (Å²) in [5.74, 6) is -3.16. The molecule has 2 aromatic rings. The van der Waals surface area contributed by atoms with Crippen LogP contribution in [-0.4, -0.2) is 83.7 Å². The number of hydrogen-bond acceptors (Lipinski definition) is 10. The summed E-state index contributed by atoms with van der Waals surface area (Å²) in [6.45, 7) is -0.535. The molecule has 4 N–H and O–H groups in total. The predicted octanol–water partition coefficient (Wildman–Crippen LogP) is 0.790. The summed E-state index contributed by atoms with van der Waals surface area (Å²) in [5.41, 5.74) is 0.754. The van der Waals surface area contributed by atoms with E-state index in [9.17, 15) is 29.4 Å². The number of carboxylic acid groups (broad SMARTS) is 2. The minimum Gasteiger partial charge on any atom is -0.479 e. The lowest BCUT2D eigenvalue weighted by molar-refractivity contribution is -0.151. The standard InChI is InChI=1S/C21H20N4O8S3/c1-36-20(33-7-12(26)27)23-24-21(36)35-9-11-8-34-18-13(17(30)25(18)14(11)19(31)32)22-16(29)15(28)10-5-3-2-4-6-10/h2-6,13,15,18,28H,7-9H2,1H3,(H2-,22,26,27,29,31,32)/p+1/t13?,15-,18-,36?/m1/s1. The number of aliphatic hydroxyl groups is 1. The summed E-state index contributed by atoms with van der Waals surface area (Å²) in [5, 5.41) is 38.9. The lowest BCUT2D eigenvalue weighted by Gasteiger charge is -2.49. The van der Waals surface area contributed by atoms with Gasteiger partial charge in [0.25, 0.3) is 11.8 Å². The fourth-order valence-corrected chi connectivity index (χ4v) is 7.52. The molecule has 3 heterocycles. The van der Waals surface area contributed by atoms with Gasteiger partial charge in [-0.1, -0.05) is 40.5 Å². The second-order valence-corrected chi connectivity index (χ2v) is 11.8. The van der Waals surface area contributed by atoms with Crippen LogP contribution in [0.1, 0.15) is 11.7 Å². The van der Waals surface area contributed by atoms with E-state index in [1.165, 1.54) is 23.5 Å². The normalized spacial score (nSPS) is 20.3. The number of β-lactam (4-membered cyclic amide) rings is 1. The Hall–Kier alpha value is -3.14. The summed E-state index contributed by atoms with van der Waals surface area (Å²) < 4.78 is 5.68.